The van der Waals surface area contributed by atoms with Crippen molar-refractivity contribution in [1.82, 2.24) is 0 Å². The molecule has 0 fully saturated rings. The van der Waals surface area contributed by atoms with Crippen LogP contribution in [0.25, 0.3) is 0 Å². The molecule has 0 heterocycles. The average molecular weight is 1470 g/mol. The van der Waals surface area contributed by atoms with Crippen molar-refractivity contribution < 1.29 is 80.2 Å². The Morgan fingerprint density at radius 1 is 0.270 bits per heavy atom. The molecule has 0 spiro atoms. The number of rotatable bonds is 80. The molecule has 0 aliphatic rings. The molecule has 19 heteroatoms. The number of unbranched alkanes of at least 4 members (excludes halogenated alkanes) is 50. The van der Waals surface area contributed by atoms with Crippen LogP contribution in [0.1, 0.15) is 427 Å². The quantitative estimate of drug-likeness (QED) is 0.0222. The van der Waals surface area contributed by atoms with Crippen molar-refractivity contribution in [2.24, 2.45) is 11.8 Å². The molecule has 100 heavy (non-hydrogen) atoms. The smallest absolute Gasteiger partial charge is 0.462 e. The molecular formula is C81H158O17P2. The standard InChI is InChI=1S/C81H158O17P2/c1-7-9-11-13-15-17-32-41-47-53-59-65-80(85)97-76(69-91-78(83)63-57-51-45-37-16-14-12-10-8-2)71-95-99(87,88)93-67-75(82)68-94-100(89,90)96-72-77(70-92-79(84)64-58-52-46-40-35-30-26-23-22-25-29-34-39-44-50-56-62-74(5)6)98-81(86)66-60-54-48-42-36-31-27-21-19-18-20-24-28-33-38-43-49-55-61-73(3)4/h73-77,82H,7-72H2,1-6H3,(H,87,88)(H,89,90)/t75-,76+,77+/m0/s1. The zero-order chi connectivity index (χ0) is 73.5. The maximum absolute atomic E-state index is 13.1. The molecule has 594 valence electrons. The lowest BCUT2D eigenvalue weighted by Crippen LogP contribution is -2.30. The summed E-state index contributed by atoms with van der Waals surface area (Å²) in [5.74, 6) is -0.477. The Kier molecular flexibility index (Phi) is 71.2. The Morgan fingerprint density at radius 3 is 0.680 bits per heavy atom. The van der Waals surface area contributed by atoms with Crippen LogP contribution in [-0.2, 0) is 65.4 Å². The lowest BCUT2D eigenvalue weighted by atomic mass is 10.0. The van der Waals surface area contributed by atoms with E-state index in [9.17, 15) is 43.2 Å². The number of phosphoric ester groups is 2. The van der Waals surface area contributed by atoms with Gasteiger partial charge in [-0.2, -0.15) is 0 Å². The fourth-order valence-electron chi connectivity index (χ4n) is 12.5. The summed E-state index contributed by atoms with van der Waals surface area (Å²) in [6.07, 6.45) is 62.5. The number of hydrogen-bond donors (Lipinski definition) is 3. The monoisotopic (exact) mass is 1470 g/mol. The first kappa shape index (κ1) is 98.1. The minimum atomic E-state index is -4.96. The van der Waals surface area contributed by atoms with E-state index in [1.807, 2.05) is 0 Å². The van der Waals surface area contributed by atoms with Gasteiger partial charge in [0.1, 0.15) is 19.3 Å². The van der Waals surface area contributed by atoms with Gasteiger partial charge in [-0.3, -0.25) is 37.3 Å². The molecule has 2 unspecified atom stereocenters. The minimum Gasteiger partial charge on any atom is -0.462 e. The van der Waals surface area contributed by atoms with Gasteiger partial charge in [0.2, 0.25) is 0 Å². The molecule has 0 aliphatic heterocycles. The van der Waals surface area contributed by atoms with Gasteiger partial charge in [-0.1, -0.05) is 375 Å². The number of esters is 4. The van der Waals surface area contributed by atoms with E-state index in [0.29, 0.717) is 25.7 Å². The minimum absolute atomic E-state index is 0.107. The van der Waals surface area contributed by atoms with Crippen LogP contribution < -0.4 is 0 Å². The second kappa shape index (κ2) is 72.6. The van der Waals surface area contributed by atoms with Crippen LogP contribution in [0.5, 0.6) is 0 Å². The van der Waals surface area contributed by atoms with Crippen molar-refractivity contribution in [3.8, 4) is 0 Å². The number of aliphatic hydroxyl groups excluding tert-OH is 1. The molecule has 3 N–H and O–H groups in total. The maximum atomic E-state index is 13.1. The molecule has 0 amide bonds. The van der Waals surface area contributed by atoms with E-state index in [2.05, 4.69) is 41.5 Å². The van der Waals surface area contributed by atoms with Crippen LogP contribution in [0.15, 0.2) is 0 Å². The number of hydrogen-bond acceptors (Lipinski definition) is 15. The Bertz CT molecular complexity index is 1920. The number of carbonyl (C=O) groups is 4. The molecule has 0 radical (unpaired) electrons. The van der Waals surface area contributed by atoms with Crippen molar-refractivity contribution >= 4 is 39.5 Å². The highest BCUT2D eigenvalue weighted by molar-refractivity contribution is 7.47. The predicted molar refractivity (Wildman–Crippen MR) is 409 cm³/mol. The topological polar surface area (TPSA) is 237 Å². The van der Waals surface area contributed by atoms with Gasteiger partial charge in [-0.15, -0.1) is 0 Å². The molecule has 0 bridgehead atoms. The van der Waals surface area contributed by atoms with Crippen LogP contribution >= 0.6 is 15.6 Å². The van der Waals surface area contributed by atoms with Gasteiger partial charge in [-0.05, 0) is 37.5 Å². The van der Waals surface area contributed by atoms with Gasteiger partial charge < -0.3 is 33.8 Å². The third kappa shape index (κ3) is 74.3. The highest BCUT2D eigenvalue weighted by Gasteiger charge is 2.30. The fourth-order valence-corrected chi connectivity index (χ4v) is 14.1. The summed E-state index contributed by atoms with van der Waals surface area (Å²) in [7, 11) is -9.91. The zero-order valence-electron chi connectivity index (χ0n) is 65.5. The van der Waals surface area contributed by atoms with E-state index in [4.69, 9.17) is 37.0 Å². The molecule has 0 aromatic rings. The molecular weight excluding hydrogens is 1310 g/mol. The number of ether oxygens (including phenoxy) is 4. The molecule has 0 aromatic heterocycles. The molecule has 17 nitrogen and oxygen atoms in total. The highest BCUT2D eigenvalue weighted by Crippen LogP contribution is 2.45. The van der Waals surface area contributed by atoms with Gasteiger partial charge in [-0.25, -0.2) is 9.13 Å². The van der Waals surface area contributed by atoms with Crippen LogP contribution in [0.2, 0.25) is 0 Å². The summed E-state index contributed by atoms with van der Waals surface area (Å²) in [4.78, 5) is 72.9. The first-order valence-corrected chi connectivity index (χ1v) is 45.0. The van der Waals surface area contributed by atoms with Gasteiger partial charge in [0.05, 0.1) is 26.4 Å². The van der Waals surface area contributed by atoms with Crippen molar-refractivity contribution in [3.05, 3.63) is 0 Å². The van der Waals surface area contributed by atoms with Crippen molar-refractivity contribution in [3.63, 3.8) is 0 Å². The van der Waals surface area contributed by atoms with Crippen molar-refractivity contribution in [2.45, 2.75) is 445 Å². The fraction of sp³-hybridized carbons (Fsp3) is 0.951. The second-order valence-corrected chi connectivity index (χ2v) is 33.0. The summed E-state index contributed by atoms with van der Waals surface area (Å²) in [6, 6.07) is 0. The van der Waals surface area contributed by atoms with Gasteiger partial charge >= 0.3 is 39.5 Å². The van der Waals surface area contributed by atoms with Crippen LogP contribution in [-0.4, -0.2) is 96.7 Å². The number of phosphoric acid groups is 2. The van der Waals surface area contributed by atoms with Crippen LogP contribution in [0.3, 0.4) is 0 Å². The lowest BCUT2D eigenvalue weighted by Gasteiger charge is -2.21. The SMILES string of the molecule is CCCCCCCCCCCCCC(=O)O[C@H](COC(=O)CCCCCCCCCCC)COP(=O)(O)OC[C@H](O)COP(=O)(O)OC[C@@H](COC(=O)CCCCCCCCCCCCCCCCCCC(C)C)OC(=O)CCCCCCCCCCCCCCCCCCCCC(C)C. The first-order chi connectivity index (χ1) is 48.4. The van der Waals surface area contributed by atoms with E-state index in [0.717, 1.165) is 102 Å². The summed E-state index contributed by atoms with van der Waals surface area (Å²) in [5, 5.41) is 10.6. The maximum Gasteiger partial charge on any atom is 0.472 e. The molecule has 0 aromatic carbocycles. The Balaban J connectivity index is 5.18. The van der Waals surface area contributed by atoms with Crippen LogP contribution in [0.4, 0.5) is 0 Å². The molecule has 0 aliphatic carbocycles. The Labute approximate surface area is 613 Å². The van der Waals surface area contributed by atoms with E-state index in [-0.39, 0.29) is 25.7 Å². The third-order valence-electron chi connectivity index (χ3n) is 19.0. The molecule has 0 saturated carbocycles. The van der Waals surface area contributed by atoms with Gasteiger partial charge in [0.25, 0.3) is 0 Å². The summed E-state index contributed by atoms with van der Waals surface area (Å²) in [6.45, 7) is 9.68. The third-order valence-corrected chi connectivity index (χ3v) is 20.9. The number of aliphatic hydroxyl groups is 1. The largest absolute Gasteiger partial charge is 0.472 e. The van der Waals surface area contributed by atoms with E-state index < -0.39 is 97.5 Å². The Morgan fingerprint density at radius 2 is 0.460 bits per heavy atom. The molecule has 0 saturated heterocycles. The average Bonchev–Trinajstić information content (AvgIpc) is 1.41. The van der Waals surface area contributed by atoms with E-state index in [1.165, 1.54) is 244 Å². The Hall–Kier alpha value is -1.94. The van der Waals surface area contributed by atoms with Gasteiger partial charge in [0.15, 0.2) is 12.2 Å². The zero-order valence-corrected chi connectivity index (χ0v) is 67.3. The van der Waals surface area contributed by atoms with Crippen molar-refractivity contribution in [2.75, 3.05) is 39.6 Å². The van der Waals surface area contributed by atoms with Crippen molar-refractivity contribution in [1.29, 1.82) is 0 Å². The molecule has 5 atom stereocenters. The van der Waals surface area contributed by atoms with E-state index >= 15 is 0 Å². The van der Waals surface area contributed by atoms with E-state index in [1.54, 1.807) is 0 Å². The second-order valence-electron chi connectivity index (χ2n) is 30.1. The lowest BCUT2D eigenvalue weighted by molar-refractivity contribution is -0.161. The van der Waals surface area contributed by atoms with Crippen LogP contribution in [0, 0.1) is 11.8 Å². The summed E-state index contributed by atoms with van der Waals surface area (Å²) >= 11 is 0. The van der Waals surface area contributed by atoms with Gasteiger partial charge in [0, 0.05) is 25.7 Å². The normalized spacial score (nSPS) is 13.9. The summed E-state index contributed by atoms with van der Waals surface area (Å²) < 4.78 is 68.6. The first-order valence-electron chi connectivity index (χ1n) is 42.0. The summed E-state index contributed by atoms with van der Waals surface area (Å²) in [5.41, 5.74) is 0. The predicted octanol–water partition coefficient (Wildman–Crippen LogP) is 24.3. The molecule has 0 rings (SSSR count). The number of carbonyl (C=O) groups excluding carboxylic acids is 4. The highest BCUT2D eigenvalue weighted by atomic mass is 31.2.